The number of carboxylic acids is 1. The van der Waals surface area contributed by atoms with E-state index in [1.54, 1.807) is 19.9 Å². The number of rotatable bonds is 5. The highest BCUT2D eigenvalue weighted by molar-refractivity contribution is 7.80. The maximum absolute atomic E-state index is 12.7. The number of carboxylic acid groups (broad SMARTS) is 1. The van der Waals surface area contributed by atoms with Crippen LogP contribution in [0.4, 0.5) is 0 Å². The van der Waals surface area contributed by atoms with Gasteiger partial charge in [0.2, 0.25) is 18.8 Å². The Labute approximate surface area is 185 Å². The largest absolute Gasteiger partial charge is 0.478 e. The fourth-order valence-electron chi connectivity index (χ4n) is 3.53. The molecule has 0 aliphatic heterocycles. The molecule has 0 spiro atoms. The van der Waals surface area contributed by atoms with Crippen molar-refractivity contribution in [2.75, 3.05) is 0 Å². The van der Waals surface area contributed by atoms with E-state index in [0.29, 0.717) is 16.7 Å². The zero-order valence-electron chi connectivity index (χ0n) is 19.5. The van der Waals surface area contributed by atoms with Crippen molar-refractivity contribution in [1.82, 2.24) is 0 Å². The molecule has 0 saturated heterocycles. The molecule has 31 heavy (non-hydrogen) atoms. The number of carbonyl (C=O) groups is 3. The molecule has 0 amide bonds. The average Bonchev–Trinajstić information content (AvgIpc) is 2.65. The first-order chi connectivity index (χ1) is 14.3. The number of aryl methyl sites for hydroxylation is 6. The van der Waals surface area contributed by atoms with Crippen LogP contribution in [0.2, 0.25) is 0 Å². The van der Waals surface area contributed by atoms with Gasteiger partial charge in [-0.2, -0.15) is 0 Å². The van der Waals surface area contributed by atoms with Crippen LogP contribution < -0.4 is 0 Å². The van der Waals surface area contributed by atoms with Crippen molar-refractivity contribution in [3.05, 3.63) is 80.4 Å². The Morgan fingerprint density at radius 2 is 1.03 bits per heavy atom. The molecule has 2 aromatic carbocycles. The summed E-state index contributed by atoms with van der Waals surface area (Å²) in [7, 11) is -3.09. The number of benzene rings is 2. The van der Waals surface area contributed by atoms with Crippen molar-refractivity contribution in [2.24, 2.45) is 0 Å². The fourth-order valence-corrected chi connectivity index (χ4v) is 4.98. The summed E-state index contributed by atoms with van der Waals surface area (Å²) in [5, 5.41) is 8.11. The number of hydrogen-bond acceptors (Lipinski definition) is 4. The van der Waals surface area contributed by atoms with Crippen LogP contribution in [-0.2, 0) is 9.36 Å². The molecule has 5 nitrogen and oxygen atoms in total. The number of allylic oxidation sites excluding steroid dienone is 1. The third-order valence-electron chi connectivity index (χ3n) is 4.99. The fraction of sp³-hybridized carbons (Fsp3) is 0.320. The van der Waals surface area contributed by atoms with E-state index in [0.717, 1.165) is 33.4 Å². The first-order valence-corrected chi connectivity index (χ1v) is 11.4. The van der Waals surface area contributed by atoms with Gasteiger partial charge in [-0.1, -0.05) is 41.5 Å². The van der Waals surface area contributed by atoms with Crippen molar-refractivity contribution in [3.63, 3.8) is 0 Å². The lowest BCUT2D eigenvalue weighted by molar-refractivity contribution is -0.132. The molecule has 0 aliphatic carbocycles. The molecule has 0 bridgehead atoms. The van der Waals surface area contributed by atoms with E-state index in [1.807, 2.05) is 65.8 Å². The Hall–Kier alpha value is -2.78. The second-order valence-electron chi connectivity index (χ2n) is 7.81. The smallest absolute Gasteiger partial charge is 0.330 e. The van der Waals surface area contributed by atoms with Crippen LogP contribution in [-0.4, -0.2) is 22.1 Å². The predicted molar refractivity (Wildman–Crippen MR) is 126 cm³/mol. The Bertz CT molecular complexity index is 976. The summed E-state index contributed by atoms with van der Waals surface area (Å²) in [4.78, 5) is 35.3. The standard InChI is InChI=1S/C20H23O3P.C5H8O2/c1-11-7-13(3)17(14(4)8-11)19(21)24(23)20(22)18-15(5)9-12(2)10-16(18)6;1-3-4(2)5(6)7/h7-10,24H,1-6H3;3H,1-2H3,(H,6,7). The molecule has 0 fully saturated rings. The quantitative estimate of drug-likeness (QED) is 0.445. The van der Waals surface area contributed by atoms with Crippen LogP contribution in [0, 0.1) is 41.5 Å². The number of carbonyl (C=O) groups excluding carboxylic acids is 2. The molecule has 1 N–H and O–H groups in total. The summed E-state index contributed by atoms with van der Waals surface area (Å²) in [6.07, 6.45) is 1.56. The van der Waals surface area contributed by atoms with Crippen LogP contribution in [0.25, 0.3) is 0 Å². The van der Waals surface area contributed by atoms with Crippen molar-refractivity contribution in [2.45, 2.75) is 55.4 Å². The van der Waals surface area contributed by atoms with Gasteiger partial charge in [0, 0.05) is 16.7 Å². The maximum atomic E-state index is 12.7. The monoisotopic (exact) mass is 442 g/mol. The molecule has 0 aromatic heterocycles. The first-order valence-electron chi connectivity index (χ1n) is 9.97. The van der Waals surface area contributed by atoms with Crippen molar-refractivity contribution in [1.29, 1.82) is 0 Å². The highest BCUT2D eigenvalue weighted by atomic mass is 31.1. The summed E-state index contributed by atoms with van der Waals surface area (Å²) < 4.78 is 12.7. The van der Waals surface area contributed by atoms with E-state index in [1.165, 1.54) is 0 Å². The zero-order chi connectivity index (χ0) is 24.0. The molecule has 0 atom stereocenters. The van der Waals surface area contributed by atoms with Gasteiger partial charge in [0.15, 0.2) is 0 Å². The number of hydrogen-bond donors (Lipinski definition) is 1. The molecular formula is C25H31O5P. The van der Waals surface area contributed by atoms with Crippen molar-refractivity contribution >= 4 is 24.8 Å². The Balaban J connectivity index is 0.000000592. The van der Waals surface area contributed by atoms with Gasteiger partial charge in [0.25, 0.3) is 0 Å². The molecule has 0 aliphatic rings. The number of aliphatic carboxylic acids is 1. The lowest BCUT2D eigenvalue weighted by atomic mass is 10.0. The summed E-state index contributed by atoms with van der Waals surface area (Å²) in [5.41, 5.74) is 5.28. The summed E-state index contributed by atoms with van der Waals surface area (Å²) >= 11 is 0. The Kier molecular flexibility index (Phi) is 9.33. The van der Waals surface area contributed by atoms with E-state index < -0.39 is 24.8 Å². The molecule has 0 saturated carbocycles. The van der Waals surface area contributed by atoms with Gasteiger partial charge >= 0.3 is 5.97 Å². The van der Waals surface area contributed by atoms with Gasteiger partial charge in [-0.25, -0.2) is 4.79 Å². The zero-order valence-corrected chi connectivity index (χ0v) is 20.5. The molecule has 0 heterocycles. The van der Waals surface area contributed by atoms with E-state index in [2.05, 4.69) is 0 Å². The molecular weight excluding hydrogens is 411 g/mol. The van der Waals surface area contributed by atoms with E-state index in [-0.39, 0.29) is 0 Å². The van der Waals surface area contributed by atoms with Crippen LogP contribution in [0.5, 0.6) is 0 Å². The second kappa shape index (κ2) is 11.0. The van der Waals surface area contributed by atoms with E-state index in [9.17, 15) is 18.9 Å². The first kappa shape index (κ1) is 26.3. The van der Waals surface area contributed by atoms with Crippen LogP contribution in [0.1, 0.15) is 67.9 Å². The minimum atomic E-state index is -3.09. The SMILES string of the molecule is CC=C(C)C(=O)O.Cc1cc(C)c(C(=O)[PH](=O)C(=O)c2c(C)cc(C)cc2C)c(C)c1. The minimum absolute atomic E-state index is 0.389. The third-order valence-corrected chi connectivity index (χ3v) is 6.32. The predicted octanol–water partition coefficient (Wildman–Crippen LogP) is 6.11. The molecule has 0 radical (unpaired) electrons. The minimum Gasteiger partial charge on any atom is -0.478 e. The third kappa shape index (κ3) is 6.60. The van der Waals surface area contributed by atoms with Gasteiger partial charge in [0.05, 0.1) is 0 Å². The Morgan fingerprint density at radius 1 is 0.742 bits per heavy atom. The molecule has 0 unspecified atom stereocenters. The van der Waals surface area contributed by atoms with E-state index in [4.69, 9.17) is 5.11 Å². The second-order valence-corrected chi connectivity index (χ2v) is 9.38. The van der Waals surface area contributed by atoms with Crippen molar-refractivity contribution in [3.8, 4) is 0 Å². The van der Waals surface area contributed by atoms with E-state index >= 15 is 0 Å². The van der Waals surface area contributed by atoms with Gasteiger partial charge in [0.1, 0.15) is 0 Å². The van der Waals surface area contributed by atoms with Gasteiger partial charge in [-0.3, -0.25) is 9.59 Å². The maximum Gasteiger partial charge on any atom is 0.330 e. The van der Waals surface area contributed by atoms with Gasteiger partial charge in [-0.05, 0) is 77.6 Å². The van der Waals surface area contributed by atoms with Crippen LogP contribution in [0.15, 0.2) is 35.9 Å². The normalized spacial score (nSPS) is 11.1. The molecule has 166 valence electrons. The van der Waals surface area contributed by atoms with Crippen LogP contribution in [0.3, 0.4) is 0 Å². The lowest BCUT2D eigenvalue weighted by Crippen LogP contribution is -2.08. The lowest BCUT2D eigenvalue weighted by Gasteiger charge is -2.12. The highest BCUT2D eigenvalue weighted by Gasteiger charge is 2.27. The Morgan fingerprint density at radius 3 is 1.23 bits per heavy atom. The summed E-state index contributed by atoms with van der Waals surface area (Å²) in [6, 6.07) is 7.51. The van der Waals surface area contributed by atoms with Gasteiger partial charge in [-0.15, -0.1) is 0 Å². The topological polar surface area (TPSA) is 88.5 Å². The molecule has 2 rings (SSSR count). The summed E-state index contributed by atoms with van der Waals surface area (Å²) in [5.74, 6) is -0.845. The summed E-state index contributed by atoms with van der Waals surface area (Å²) in [6.45, 7) is 14.4. The average molecular weight is 442 g/mol. The highest BCUT2D eigenvalue weighted by Crippen LogP contribution is 2.36. The van der Waals surface area contributed by atoms with Crippen LogP contribution >= 0.6 is 7.80 Å². The van der Waals surface area contributed by atoms with Gasteiger partial charge < -0.3 is 9.67 Å². The van der Waals surface area contributed by atoms with Crippen molar-refractivity contribution < 1.29 is 24.1 Å². The molecule has 6 heteroatoms. The molecule has 2 aromatic rings.